The fourth-order valence-corrected chi connectivity index (χ4v) is 3.56. The smallest absolute Gasteiger partial charge is 0.0540 e. The zero-order valence-electron chi connectivity index (χ0n) is 13.8. The number of benzene rings is 2. The summed E-state index contributed by atoms with van der Waals surface area (Å²) >= 11 is 0. The van der Waals surface area contributed by atoms with Crippen molar-refractivity contribution in [3.8, 4) is 0 Å². The molecule has 0 amide bonds. The third kappa shape index (κ3) is 5.19. The summed E-state index contributed by atoms with van der Waals surface area (Å²) in [4.78, 5) is 2.56. The van der Waals surface area contributed by atoms with Gasteiger partial charge in [0.1, 0.15) is 0 Å². The molecule has 23 heavy (non-hydrogen) atoms. The second-order valence-corrected chi connectivity index (χ2v) is 6.82. The predicted octanol–water partition coefficient (Wildman–Crippen LogP) is 4.24. The molecule has 0 bridgehead atoms. The molecule has 0 aliphatic heterocycles. The van der Waals surface area contributed by atoms with E-state index in [0.717, 1.165) is 45.3 Å². The Morgan fingerprint density at radius 2 is 1.22 bits per heavy atom. The number of hydrogen-bond acceptors (Lipinski definition) is 2. The Balaban J connectivity index is 1.65. The Morgan fingerprint density at radius 1 is 0.739 bits per heavy atom. The van der Waals surface area contributed by atoms with Gasteiger partial charge in [0, 0.05) is 19.6 Å². The Bertz CT molecular complexity index is 519. The Morgan fingerprint density at radius 3 is 1.70 bits per heavy atom. The normalized spacial score (nSPS) is 21.5. The molecule has 1 saturated carbocycles. The van der Waals surface area contributed by atoms with Gasteiger partial charge in [-0.1, -0.05) is 60.7 Å². The molecule has 0 spiro atoms. The average molecular weight is 309 g/mol. The molecule has 2 nitrogen and oxygen atoms in total. The van der Waals surface area contributed by atoms with Crippen LogP contribution in [-0.4, -0.2) is 22.7 Å². The molecule has 2 aromatic carbocycles. The van der Waals surface area contributed by atoms with Crippen LogP contribution in [0.1, 0.15) is 36.8 Å². The fourth-order valence-electron chi connectivity index (χ4n) is 3.56. The van der Waals surface area contributed by atoms with Gasteiger partial charge in [-0.2, -0.15) is 0 Å². The van der Waals surface area contributed by atoms with Gasteiger partial charge < -0.3 is 5.11 Å². The number of nitrogens with zero attached hydrogens (tertiary/aromatic N) is 1. The molecule has 1 fully saturated rings. The molecule has 3 rings (SSSR count). The van der Waals surface area contributed by atoms with Crippen LogP contribution in [0.2, 0.25) is 0 Å². The first kappa shape index (κ1) is 16.2. The van der Waals surface area contributed by atoms with E-state index in [9.17, 15) is 5.11 Å². The van der Waals surface area contributed by atoms with E-state index in [0.29, 0.717) is 5.92 Å². The average Bonchev–Trinajstić information content (AvgIpc) is 2.59. The summed E-state index contributed by atoms with van der Waals surface area (Å²) in [5, 5.41) is 9.72. The lowest BCUT2D eigenvalue weighted by atomic mass is 9.87. The maximum Gasteiger partial charge on any atom is 0.0540 e. The van der Waals surface area contributed by atoms with Crippen molar-refractivity contribution in [3.05, 3.63) is 71.8 Å². The first-order valence-electron chi connectivity index (χ1n) is 8.78. The van der Waals surface area contributed by atoms with Gasteiger partial charge >= 0.3 is 0 Å². The lowest BCUT2D eigenvalue weighted by Crippen LogP contribution is -2.31. The molecule has 1 aliphatic rings. The highest BCUT2D eigenvalue weighted by molar-refractivity contribution is 5.17. The van der Waals surface area contributed by atoms with Gasteiger partial charge in [0.15, 0.2) is 0 Å². The van der Waals surface area contributed by atoms with Crippen LogP contribution >= 0.6 is 0 Å². The van der Waals surface area contributed by atoms with Crippen LogP contribution in [0.5, 0.6) is 0 Å². The van der Waals surface area contributed by atoms with Crippen LogP contribution in [0.15, 0.2) is 60.7 Å². The molecule has 0 unspecified atom stereocenters. The molecule has 1 aliphatic carbocycles. The minimum atomic E-state index is -0.0667. The standard InChI is InChI=1S/C21H27NO/c23-21-13-11-20(12-14-21)17-22(15-18-7-3-1-4-8-18)16-19-9-5-2-6-10-19/h1-10,20-21,23H,11-17H2/t20-,21-. The molecule has 122 valence electrons. The van der Waals surface area contributed by atoms with E-state index < -0.39 is 0 Å². The van der Waals surface area contributed by atoms with Gasteiger partial charge in [-0.15, -0.1) is 0 Å². The Kier molecular flexibility index (Phi) is 5.84. The molecule has 0 aromatic heterocycles. The monoisotopic (exact) mass is 309 g/mol. The predicted molar refractivity (Wildman–Crippen MR) is 95.0 cm³/mol. The van der Waals surface area contributed by atoms with Gasteiger partial charge in [-0.05, 0) is 42.7 Å². The molecule has 2 heteroatoms. The minimum Gasteiger partial charge on any atom is -0.393 e. The topological polar surface area (TPSA) is 23.5 Å². The molecular weight excluding hydrogens is 282 g/mol. The van der Waals surface area contributed by atoms with Crippen molar-refractivity contribution >= 4 is 0 Å². The van der Waals surface area contributed by atoms with Gasteiger partial charge in [0.05, 0.1) is 6.10 Å². The summed E-state index contributed by atoms with van der Waals surface area (Å²) in [6.45, 7) is 3.11. The maximum absolute atomic E-state index is 9.72. The molecule has 0 heterocycles. The Labute approximate surface area is 139 Å². The maximum atomic E-state index is 9.72. The zero-order chi connectivity index (χ0) is 15.9. The second kappa shape index (κ2) is 8.28. The molecule has 0 radical (unpaired) electrons. The van der Waals surface area contributed by atoms with Crippen LogP contribution in [0.4, 0.5) is 0 Å². The van der Waals surface area contributed by atoms with Crippen LogP contribution in [0, 0.1) is 5.92 Å². The summed E-state index contributed by atoms with van der Waals surface area (Å²) in [6, 6.07) is 21.5. The number of aliphatic hydroxyl groups is 1. The van der Waals surface area contributed by atoms with Crippen molar-refractivity contribution in [1.82, 2.24) is 4.90 Å². The van der Waals surface area contributed by atoms with Crippen molar-refractivity contribution in [3.63, 3.8) is 0 Å². The van der Waals surface area contributed by atoms with Gasteiger partial charge in [0.2, 0.25) is 0 Å². The summed E-state index contributed by atoms with van der Waals surface area (Å²) in [5.41, 5.74) is 2.75. The molecular formula is C21H27NO. The summed E-state index contributed by atoms with van der Waals surface area (Å²) in [7, 11) is 0. The third-order valence-electron chi connectivity index (χ3n) is 4.83. The highest BCUT2D eigenvalue weighted by Gasteiger charge is 2.21. The highest BCUT2D eigenvalue weighted by atomic mass is 16.3. The number of aliphatic hydroxyl groups excluding tert-OH is 1. The van der Waals surface area contributed by atoms with E-state index in [4.69, 9.17) is 0 Å². The van der Waals surface area contributed by atoms with Crippen molar-refractivity contribution in [2.45, 2.75) is 44.9 Å². The largest absolute Gasteiger partial charge is 0.393 e. The van der Waals surface area contributed by atoms with E-state index in [1.54, 1.807) is 0 Å². The number of rotatable bonds is 6. The SMILES string of the molecule is O[C@H]1CC[C@H](CN(Cc2ccccc2)Cc2ccccc2)CC1. The fraction of sp³-hybridized carbons (Fsp3) is 0.429. The first-order valence-corrected chi connectivity index (χ1v) is 8.78. The third-order valence-corrected chi connectivity index (χ3v) is 4.83. The summed E-state index contributed by atoms with van der Waals surface area (Å²) in [5.74, 6) is 0.714. The van der Waals surface area contributed by atoms with Gasteiger partial charge in [-0.3, -0.25) is 4.90 Å². The highest BCUT2D eigenvalue weighted by Crippen LogP contribution is 2.26. The van der Waals surface area contributed by atoms with Crippen LogP contribution in [-0.2, 0) is 13.1 Å². The van der Waals surface area contributed by atoms with E-state index in [-0.39, 0.29) is 6.10 Å². The first-order chi connectivity index (χ1) is 11.3. The Hall–Kier alpha value is -1.64. The zero-order valence-corrected chi connectivity index (χ0v) is 13.8. The lowest BCUT2D eigenvalue weighted by molar-refractivity contribution is 0.0908. The van der Waals surface area contributed by atoms with Crippen molar-refractivity contribution in [1.29, 1.82) is 0 Å². The number of hydrogen-bond donors (Lipinski definition) is 1. The summed E-state index contributed by atoms with van der Waals surface area (Å²) in [6.07, 6.45) is 4.18. The van der Waals surface area contributed by atoms with Crippen molar-refractivity contribution in [2.24, 2.45) is 5.92 Å². The summed E-state index contributed by atoms with van der Waals surface area (Å²) < 4.78 is 0. The van der Waals surface area contributed by atoms with E-state index >= 15 is 0 Å². The lowest BCUT2D eigenvalue weighted by Gasteiger charge is -2.31. The van der Waals surface area contributed by atoms with E-state index in [2.05, 4.69) is 65.6 Å². The van der Waals surface area contributed by atoms with Crippen LogP contribution in [0.25, 0.3) is 0 Å². The van der Waals surface area contributed by atoms with E-state index in [1.165, 1.54) is 11.1 Å². The van der Waals surface area contributed by atoms with Gasteiger partial charge in [-0.25, -0.2) is 0 Å². The van der Waals surface area contributed by atoms with E-state index in [1.807, 2.05) is 0 Å². The quantitative estimate of drug-likeness (QED) is 0.862. The minimum absolute atomic E-state index is 0.0667. The van der Waals surface area contributed by atoms with Crippen molar-refractivity contribution < 1.29 is 5.11 Å². The second-order valence-electron chi connectivity index (χ2n) is 6.82. The van der Waals surface area contributed by atoms with Crippen molar-refractivity contribution in [2.75, 3.05) is 6.54 Å². The molecule has 0 atom stereocenters. The van der Waals surface area contributed by atoms with Gasteiger partial charge in [0.25, 0.3) is 0 Å². The molecule has 0 saturated heterocycles. The molecule has 2 aromatic rings. The van der Waals surface area contributed by atoms with Crippen LogP contribution in [0.3, 0.4) is 0 Å². The molecule has 1 N–H and O–H groups in total. The van der Waals surface area contributed by atoms with Crippen LogP contribution < -0.4 is 0 Å².